The summed E-state index contributed by atoms with van der Waals surface area (Å²) in [6, 6.07) is 5.21. The molecule has 16 heavy (non-hydrogen) atoms. The zero-order chi connectivity index (χ0) is 12.4. The normalized spacial score (nSPS) is 12.8. The molecule has 0 bridgehead atoms. The fourth-order valence-electron chi connectivity index (χ4n) is 1.19. The van der Waals surface area contributed by atoms with Crippen molar-refractivity contribution in [3.05, 3.63) is 29.8 Å². The van der Waals surface area contributed by atoms with E-state index in [2.05, 4.69) is 0 Å². The average Bonchev–Trinajstić information content (AvgIpc) is 2.13. The average molecular weight is 250 g/mol. The molecule has 0 aliphatic rings. The maximum Gasteiger partial charge on any atom is 0.294 e. The smallest absolute Gasteiger partial charge is 0.282 e. The van der Waals surface area contributed by atoms with Crippen LogP contribution in [0.2, 0.25) is 0 Å². The van der Waals surface area contributed by atoms with Crippen molar-refractivity contribution in [3.63, 3.8) is 0 Å². The molecule has 1 aromatic carbocycles. The Balaban J connectivity index is 2.73. The third-order valence-corrected chi connectivity index (χ3v) is 2.94. The molecule has 90 valence electrons. The van der Waals surface area contributed by atoms with Crippen molar-refractivity contribution in [3.8, 4) is 0 Å². The van der Waals surface area contributed by atoms with Gasteiger partial charge < -0.3 is 0 Å². The van der Waals surface area contributed by atoms with Crippen LogP contribution in [0.5, 0.6) is 0 Å². The van der Waals surface area contributed by atoms with Crippen LogP contribution in [0.3, 0.4) is 0 Å². The third-order valence-electron chi connectivity index (χ3n) is 2.07. The zero-order valence-electron chi connectivity index (χ0n) is 8.65. The van der Waals surface area contributed by atoms with Gasteiger partial charge in [-0.25, -0.2) is 8.78 Å². The van der Waals surface area contributed by atoms with Gasteiger partial charge in [0.25, 0.3) is 10.1 Å². The summed E-state index contributed by atoms with van der Waals surface area (Å²) in [6.07, 6.45) is -0.131. The van der Waals surface area contributed by atoms with Gasteiger partial charge in [-0.3, -0.25) is 4.55 Å². The molecule has 0 atom stereocenters. The zero-order valence-corrected chi connectivity index (χ0v) is 9.47. The van der Waals surface area contributed by atoms with Crippen LogP contribution in [-0.2, 0) is 16.5 Å². The van der Waals surface area contributed by atoms with Crippen LogP contribution in [0.1, 0.15) is 18.9 Å². The molecule has 0 saturated heterocycles. The van der Waals surface area contributed by atoms with Gasteiger partial charge in [-0.2, -0.15) is 8.42 Å². The van der Waals surface area contributed by atoms with Crippen LogP contribution in [0.4, 0.5) is 8.78 Å². The molecule has 1 N–H and O–H groups in total. The molecule has 0 spiro atoms. The molecule has 0 fully saturated rings. The van der Waals surface area contributed by atoms with E-state index in [0.29, 0.717) is 5.56 Å². The van der Waals surface area contributed by atoms with E-state index in [1.165, 1.54) is 24.3 Å². The molecule has 3 nitrogen and oxygen atoms in total. The molecule has 0 aliphatic heterocycles. The van der Waals surface area contributed by atoms with E-state index in [1.54, 1.807) is 0 Å². The van der Waals surface area contributed by atoms with E-state index in [4.69, 9.17) is 4.55 Å². The van der Waals surface area contributed by atoms with Gasteiger partial charge in [0.05, 0.1) is 4.90 Å². The highest BCUT2D eigenvalue weighted by molar-refractivity contribution is 7.85. The molecule has 0 unspecified atom stereocenters. The molecule has 0 amide bonds. The third kappa shape index (κ3) is 4.24. The Labute approximate surface area is 92.9 Å². The van der Waals surface area contributed by atoms with E-state index < -0.39 is 16.0 Å². The number of rotatable bonds is 4. The van der Waals surface area contributed by atoms with Crippen LogP contribution < -0.4 is 0 Å². The molecule has 1 rings (SSSR count). The van der Waals surface area contributed by atoms with E-state index in [0.717, 1.165) is 6.92 Å². The Bertz CT molecular complexity index is 446. The van der Waals surface area contributed by atoms with Crippen LogP contribution in [0.15, 0.2) is 29.2 Å². The van der Waals surface area contributed by atoms with Crippen molar-refractivity contribution in [2.45, 2.75) is 30.6 Å². The van der Waals surface area contributed by atoms with Crippen molar-refractivity contribution in [1.82, 2.24) is 0 Å². The van der Waals surface area contributed by atoms with Crippen molar-refractivity contribution in [1.29, 1.82) is 0 Å². The number of benzene rings is 1. The summed E-state index contributed by atoms with van der Waals surface area (Å²) < 4.78 is 55.2. The second-order valence-electron chi connectivity index (χ2n) is 3.69. The van der Waals surface area contributed by atoms with Crippen molar-refractivity contribution in [2.24, 2.45) is 0 Å². The topological polar surface area (TPSA) is 54.4 Å². The first-order valence-corrected chi connectivity index (χ1v) is 6.07. The van der Waals surface area contributed by atoms with Gasteiger partial charge in [0.1, 0.15) is 0 Å². The fourth-order valence-corrected chi connectivity index (χ4v) is 1.67. The summed E-state index contributed by atoms with van der Waals surface area (Å²) in [5, 5.41) is 0. The molecule has 0 heterocycles. The van der Waals surface area contributed by atoms with E-state index in [1.807, 2.05) is 0 Å². The van der Waals surface area contributed by atoms with E-state index >= 15 is 0 Å². The Morgan fingerprint density at radius 1 is 1.25 bits per heavy atom. The predicted molar refractivity (Wildman–Crippen MR) is 55.2 cm³/mol. The van der Waals surface area contributed by atoms with Gasteiger partial charge in [0.2, 0.25) is 5.92 Å². The van der Waals surface area contributed by atoms with Gasteiger partial charge in [0.15, 0.2) is 0 Å². The fraction of sp³-hybridized carbons (Fsp3) is 0.400. The lowest BCUT2D eigenvalue weighted by atomic mass is 10.1. The quantitative estimate of drug-likeness (QED) is 0.835. The summed E-state index contributed by atoms with van der Waals surface area (Å²) >= 11 is 0. The van der Waals surface area contributed by atoms with Gasteiger partial charge in [-0.1, -0.05) is 12.1 Å². The Hall–Kier alpha value is -1.01. The van der Waals surface area contributed by atoms with Gasteiger partial charge in [-0.15, -0.1) is 0 Å². The van der Waals surface area contributed by atoms with Gasteiger partial charge in [0, 0.05) is 6.42 Å². The Morgan fingerprint density at radius 3 is 2.12 bits per heavy atom. The van der Waals surface area contributed by atoms with Crippen LogP contribution in [0, 0.1) is 0 Å². The summed E-state index contributed by atoms with van der Waals surface area (Å²) in [5.41, 5.74) is 0.605. The van der Waals surface area contributed by atoms with Gasteiger partial charge >= 0.3 is 0 Å². The van der Waals surface area contributed by atoms with Crippen molar-refractivity contribution in [2.75, 3.05) is 0 Å². The first-order valence-electron chi connectivity index (χ1n) is 4.63. The number of hydrogen-bond acceptors (Lipinski definition) is 2. The Morgan fingerprint density at radius 2 is 1.75 bits per heavy atom. The molecule has 0 aromatic heterocycles. The molecular formula is C10H12F2O3S. The number of alkyl halides is 2. The minimum atomic E-state index is -4.21. The van der Waals surface area contributed by atoms with E-state index in [9.17, 15) is 17.2 Å². The number of aryl methyl sites for hydroxylation is 1. The standard InChI is InChI=1S/C10H12F2O3S/c1-10(11,12)7-6-8-2-4-9(5-3-8)16(13,14)15/h2-5H,6-7H2,1H3,(H,13,14,15). The first kappa shape index (κ1) is 13.1. The van der Waals surface area contributed by atoms with Crippen LogP contribution >= 0.6 is 0 Å². The lowest BCUT2D eigenvalue weighted by molar-refractivity contribution is 0.0133. The van der Waals surface area contributed by atoms with Crippen molar-refractivity contribution < 1.29 is 21.8 Å². The highest BCUT2D eigenvalue weighted by atomic mass is 32.2. The first-order chi connectivity index (χ1) is 7.18. The highest BCUT2D eigenvalue weighted by Gasteiger charge is 2.20. The summed E-state index contributed by atoms with van der Waals surface area (Å²) in [5.74, 6) is -2.73. The number of hydrogen-bond donors (Lipinski definition) is 1. The lowest BCUT2D eigenvalue weighted by Crippen LogP contribution is -2.10. The molecule has 0 saturated carbocycles. The largest absolute Gasteiger partial charge is 0.294 e. The summed E-state index contributed by atoms with van der Waals surface area (Å²) in [7, 11) is -4.21. The van der Waals surface area contributed by atoms with Crippen LogP contribution in [0.25, 0.3) is 0 Å². The summed E-state index contributed by atoms with van der Waals surface area (Å²) in [4.78, 5) is -0.237. The molecular weight excluding hydrogens is 238 g/mol. The maximum absolute atomic E-state index is 12.5. The molecule has 1 aromatic rings. The second kappa shape index (κ2) is 4.47. The second-order valence-corrected chi connectivity index (χ2v) is 5.11. The maximum atomic E-state index is 12.5. The summed E-state index contributed by atoms with van der Waals surface area (Å²) in [6.45, 7) is 0.833. The van der Waals surface area contributed by atoms with Crippen molar-refractivity contribution >= 4 is 10.1 Å². The lowest BCUT2D eigenvalue weighted by Gasteiger charge is -2.09. The monoisotopic (exact) mass is 250 g/mol. The predicted octanol–water partition coefficient (Wildman–Crippen LogP) is 2.52. The minimum Gasteiger partial charge on any atom is -0.282 e. The minimum absolute atomic E-state index is 0.162. The highest BCUT2D eigenvalue weighted by Crippen LogP contribution is 2.20. The van der Waals surface area contributed by atoms with Gasteiger partial charge in [-0.05, 0) is 31.0 Å². The number of halogens is 2. The van der Waals surface area contributed by atoms with E-state index in [-0.39, 0.29) is 17.7 Å². The molecule has 0 radical (unpaired) electrons. The molecule has 6 heteroatoms. The molecule has 0 aliphatic carbocycles. The Kier molecular flexibility index (Phi) is 3.64. The van der Waals surface area contributed by atoms with Crippen LogP contribution in [-0.4, -0.2) is 18.9 Å². The SMILES string of the molecule is CC(F)(F)CCc1ccc(S(=O)(=O)O)cc1.